The van der Waals surface area contributed by atoms with Crippen LogP contribution in [-0.2, 0) is 4.79 Å². The summed E-state index contributed by atoms with van der Waals surface area (Å²) < 4.78 is 37.7. The molecule has 0 N–H and O–H groups in total. The molecule has 1 unspecified atom stereocenters. The molecule has 2 aromatic carbocycles. The van der Waals surface area contributed by atoms with Crippen molar-refractivity contribution in [3.63, 3.8) is 0 Å². The lowest BCUT2D eigenvalue weighted by Gasteiger charge is -2.08. The van der Waals surface area contributed by atoms with Crippen molar-refractivity contribution in [2.75, 3.05) is 0 Å². The number of fused-ring (bicyclic) bond motifs is 1. The maximum atomic E-state index is 13.5. The van der Waals surface area contributed by atoms with Gasteiger partial charge in [0, 0.05) is 5.56 Å². The molecule has 2 nitrogen and oxygen atoms in total. The van der Waals surface area contributed by atoms with E-state index in [4.69, 9.17) is 0 Å². The Bertz CT molecular complexity index is 632. The van der Waals surface area contributed by atoms with Crippen molar-refractivity contribution >= 4 is 22.3 Å². The zero-order chi connectivity index (χ0) is 14.0. The van der Waals surface area contributed by atoms with E-state index in [1.54, 1.807) is 30.3 Å². The number of carbonyl (C=O) groups is 2. The number of ketones is 2. The third-order valence-electron chi connectivity index (χ3n) is 2.75. The van der Waals surface area contributed by atoms with Gasteiger partial charge in [-0.05, 0) is 10.8 Å². The summed E-state index contributed by atoms with van der Waals surface area (Å²) in [4.78, 5) is 22.6. The van der Waals surface area contributed by atoms with Gasteiger partial charge in [0.25, 0.3) is 6.43 Å². The topological polar surface area (TPSA) is 34.1 Å². The first kappa shape index (κ1) is 13.3. The molecule has 0 saturated heterocycles. The summed E-state index contributed by atoms with van der Waals surface area (Å²) in [5, 5.41) is 1.10. The molecule has 0 aromatic heterocycles. The minimum Gasteiger partial charge on any atom is -0.290 e. The Morgan fingerprint density at radius 1 is 0.895 bits per heavy atom. The smallest absolute Gasteiger partial charge is 0.290 e. The van der Waals surface area contributed by atoms with E-state index in [2.05, 4.69) is 0 Å². The van der Waals surface area contributed by atoms with E-state index in [-0.39, 0.29) is 5.56 Å². The van der Waals surface area contributed by atoms with E-state index in [1.165, 1.54) is 12.1 Å². The van der Waals surface area contributed by atoms with Gasteiger partial charge in [-0.15, -0.1) is 0 Å². The number of hydrogen-bond donors (Lipinski definition) is 0. The van der Waals surface area contributed by atoms with Crippen LogP contribution in [0, 0.1) is 0 Å². The molecule has 0 aliphatic carbocycles. The van der Waals surface area contributed by atoms with Crippen LogP contribution in [0.1, 0.15) is 10.4 Å². The van der Waals surface area contributed by atoms with Crippen LogP contribution < -0.4 is 0 Å². The summed E-state index contributed by atoms with van der Waals surface area (Å²) in [5.41, 5.74) is -0.0698. The molecule has 2 aromatic rings. The first-order chi connectivity index (χ1) is 9.02. The molecule has 0 aliphatic heterocycles. The van der Waals surface area contributed by atoms with Crippen molar-refractivity contribution < 1.29 is 22.8 Å². The van der Waals surface area contributed by atoms with Gasteiger partial charge in [-0.2, -0.15) is 0 Å². The second-order valence-electron chi connectivity index (χ2n) is 3.96. The lowest BCUT2D eigenvalue weighted by atomic mass is 9.98. The lowest BCUT2D eigenvalue weighted by Crippen LogP contribution is -2.30. The van der Waals surface area contributed by atoms with Gasteiger partial charge in [0.05, 0.1) is 0 Å². The van der Waals surface area contributed by atoms with Crippen LogP contribution in [0.5, 0.6) is 0 Å². The van der Waals surface area contributed by atoms with Crippen molar-refractivity contribution in [1.29, 1.82) is 0 Å². The summed E-state index contributed by atoms with van der Waals surface area (Å²) in [7, 11) is 0. The highest BCUT2D eigenvalue weighted by Crippen LogP contribution is 2.21. The Morgan fingerprint density at radius 2 is 1.53 bits per heavy atom. The van der Waals surface area contributed by atoms with E-state index in [1.807, 2.05) is 0 Å². The van der Waals surface area contributed by atoms with Crippen molar-refractivity contribution in [3.05, 3.63) is 48.0 Å². The molecule has 0 radical (unpaired) electrons. The van der Waals surface area contributed by atoms with Gasteiger partial charge in [-0.25, -0.2) is 13.2 Å². The molecule has 0 aliphatic rings. The number of benzene rings is 2. The standard InChI is InChI=1S/C14H9F3O2/c15-11(13(19)14(16)17)12(18)10-7-3-5-8-4-1-2-6-9(8)10/h1-7,11,14H. The molecule has 0 heterocycles. The second kappa shape index (κ2) is 5.22. The monoisotopic (exact) mass is 266 g/mol. The van der Waals surface area contributed by atoms with Crippen LogP contribution in [0.15, 0.2) is 42.5 Å². The van der Waals surface area contributed by atoms with Crippen LogP contribution in [0.3, 0.4) is 0 Å². The van der Waals surface area contributed by atoms with Gasteiger partial charge >= 0.3 is 0 Å². The fourth-order valence-electron chi connectivity index (χ4n) is 1.82. The van der Waals surface area contributed by atoms with Crippen molar-refractivity contribution in [3.8, 4) is 0 Å². The van der Waals surface area contributed by atoms with Crippen molar-refractivity contribution in [2.24, 2.45) is 0 Å². The Hall–Kier alpha value is -2.17. The minimum atomic E-state index is -3.49. The molecule has 0 saturated carbocycles. The van der Waals surface area contributed by atoms with Gasteiger partial charge in [-0.3, -0.25) is 9.59 Å². The van der Waals surface area contributed by atoms with Gasteiger partial charge < -0.3 is 0 Å². The van der Waals surface area contributed by atoms with Crippen LogP contribution in [0.4, 0.5) is 13.2 Å². The molecule has 0 bridgehead atoms. The summed E-state index contributed by atoms with van der Waals surface area (Å²) >= 11 is 0. The summed E-state index contributed by atoms with van der Waals surface area (Å²) in [5.74, 6) is -3.24. The zero-order valence-electron chi connectivity index (χ0n) is 9.65. The predicted octanol–water partition coefficient (Wildman–Crippen LogP) is 3.19. The molecular weight excluding hydrogens is 257 g/mol. The highest BCUT2D eigenvalue weighted by Gasteiger charge is 2.33. The minimum absolute atomic E-state index is 0.0698. The highest BCUT2D eigenvalue weighted by atomic mass is 19.3. The summed E-state index contributed by atoms with van der Waals surface area (Å²) in [6.07, 6.45) is -6.32. The van der Waals surface area contributed by atoms with Crippen molar-refractivity contribution in [1.82, 2.24) is 0 Å². The molecule has 5 heteroatoms. The fraction of sp³-hybridized carbons (Fsp3) is 0.143. The average molecular weight is 266 g/mol. The van der Waals surface area contributed by atoms with Gasteiger partial charge in [0.1, 0.15) is 0 Å². The number of Topliss-reactive ketones (excluding diaryl/α,β-unsaturated/α-hetero) is 2. The summed E-state index contributed by atoms with van der Waals surface area (Å²) in [6.45, 7) is 0. The molecule has 0 spiro atoms. The number of alkyl halides is 3. The molecule has 0 amide bonds. The Morgan fingerprint density at radius 3 is 2.21 bits per heavy atom. The Balaban J connectivity index is 2.45. The fourth-order valence-corrected chi connectivity index (χ4v) is 1.82. The first-order valence-corrected chi connectivity index (χ1v) is 5.50. The largest absolute Gasteiger partial charge is 0.299 e. The highest BCUT2D eigenvalue weighted by molar-refractivity contribution is 6.18. The molecule has 98 valence electrons. The summed E-state index contributed by atoms with van der Waals surface area (Å²) in [6, 6.07) is 11.2. The lowest BCUT2D eigenvalue weighted by molar-refractivity contribution is -0.132. The van der Waals surface area contributed by atoms with E-state index in [0.29, 0.717) is 10.8 Å². The second-order valence-corrected chi connectivity index (χ2v) is 3.96. The van der Waals surface area contributed by atoms with E-state index in [0.717, 1.165) is 0 Å². The van der Waals surface area contributed by atoms with E-state index in [9.17, 15) is 22.8 Å². The van der Waals surface area contributed by atoms with Gasteiger partial charge in [-0.1, -0.05) is 42.5 Å². The van der Waals surface area contributed by atoms with Crippen LogP contribution in [0.25, 0.3) is 10.8 Å². The molecule has 2 rings (SSSR count). The maximum absolute atomic E-state index is 13.5. The van der Waals surface area contributed by atoms with E-state index >= 15 is 0 Å². The van der Waals surface area contributed by atoms with E-state index < -0.39 is 24.2 Å². The quantitative estimate of drug-likeness (QED) is 0.629. The first-order valence-electron chi connectivity index (χ1n) is 5.50. The average Bonchev–Trinajstić information content (AvgIpc) is 2.44. The number of rotatable bonds is 4. The number of halogens is 3. The van der Waals surface area contributed by atoms with Crippen LogP contribution in [-0.4, -0.2) is 24.2 Å². The number of carbonyl (C=O) groups excluding carboxylic acids is 2. The molecule has 1 atom stereocenters. The van der Waals surface area contributed by atoms with Gasteiger partial charge in [0.2, 0.25) is 17.7 Å². The number of hydrogen-bond acceptors (Lipinski definition) is 2. The Labute approximate surface area is 106 Å². The predicted molar refractivity (Wildman–Crippen MR) is 64.2 cm³/mol. The van der Waals surface area contributed by atoms with Gasteiger partial charge in [0.15, 0.2) is 0 Å². The zero-order valence-corrected chi connectivity index (χ0v) is 9.65. The Kier molecular flexibility index (Phi) is 3.64. The SMILES string of the molecule is O=C(c1cccc2ccccc12)C(F)C(=O)C(F)F. The van der Waals surface area contributed by atoms with Crippen LogP contribution >= 0.6 is 0 Å². The molecular formula is C14H9F3O2. The maximum Gasteiger partial charge on any atom is 0.299 e. The third kappa shape index (κ3) is 2.50. The third-order valence-corrected chi connectivity index (χ3v) is 2.75. The molecule has 0 fully saturated rings. The molecule has 19 heavy (non-hydrogen) atoms. The normalized spacial score (nSPS) is 12.6. The van der Waals surface area contributed by atoms with Crippen molar-refractivity contribution in [2.45, 2.75) is 12.6 Å². The van der Waals surface area contributed by atoms with Crippen LogP contribution in [0.2, 0.25) is 0 Å².